The molecule has 1 saturated heterocycles. The second-order valence-corrected chi connectivity index (χ2v) is 5.36. The van der Waals surface area contributed by atoms with Crippen LogP contribution in [0.3, 0.4) is 0 Å². The number of carbonyl (C=O) groups is 1. The lowest BCUT2D eigenvalue weighted by Gasteiger charge is -2.33. The summed E-state index contributed by atoms with van der Waals surface area (Å²) in [7, 11) is 0. The van der Waals surface area contributed by atoms with Crippen molar-refractivity contribution >= 4 is 29.9 Å². The molecule has 0 aliphatic carbocycles. The smallest absolute Gasteiger partial charge is 0.253 e. The second-order valence-electron chi connectivity index (χ2n) is 4.95. The first kappa shape index (κ1) is 15.6. The third kappa shape index (κ3) is 3.09. The molecule has 1 amide bonds. The zero-order valence-electron chi connectivity index (χ0n) is 11.1. The van der Waals surface area contributed by atoms with Crippen molar-refractivity contribution in [1.29, 1.82) is 0 Å². The Bertz CT molecular complexity index is 490. The van der Waals surface area contributed by atoms with Gasteiger partial charge in [0.2, 0.25) is 0 Å². The van der Waals surface area contributed by atoms with Gasteiger partial charge in [0.05, 0.1) is 6.61 Å². The standard InChI is InChI=1S/C14H17ClN2O2.ClH/c15-12-3-1-2-10-9-17(6-4-11(10)12)14(18)13-8-16-5-7-19-13;/h1-3,13,16H,4-9H2;1H. The highest BCUT2D eigenvalue weighted by Crippen LogP contribution is 2.26. The molecule has 4 nitrogen and oxygen atoms in total. The zero-order valence-corrected chi connectivity index (χ0v) is 12.7. The Morgan fingerprint density at radius 2 is 2.30 bits per heavy atom. The predicted octanol–water partition coefficient (Wildman–Crippen LogP) is 1.63. The first-order valence-corrected chi connectivity index (χ1v) is 7.01. The molecule has 1 aromatic rings. The van der Waals surface area contributed by atoms with Crippen molar-refractivity contribution in [1.82, 2.24) is 10.2 Å². The van der Waals surface area contributed by atoms with Crippen molar-refractivity contribution in [2.75, 3.05) is 26.2 Å². The van der Waals surface area contributed by atoms with Gasteiger partial charge in [-0.3, -0.25) is 4.79 Å². The van der Waals surface area contributed by atoms with Crippen molar-refractivity contribution in [3.8, 4) is 0 Å². The SMILES string of the molecule is Cl.O=C(C1CNCCO1)N1CCc2c(Cl)cccc2C1. The van der Waals surface area contributed by atoms with E-state index in [4.69, 9.17) is 16.3 Å². The maximum absolute atomic E-state index is 12.4. The van der Waals surface area contributed by atoms with E-state index in [0.29, 0.717) is 19.7 Å². The summed E-state index contributed by atoms with van der Waals surface area (Å²) in [5, 5.41) is 4.00. The largest absolute Gasteiger partial charge is 0.366 e. The van der Waals surface area contributed by atoms with Crippen LogP contribution in [0.2, 0.25) is 5.02 Å². The van der Waals surface area contributed by atoms with Gasteiger partial charge in [0.25, 0.3) is 5.91 Å². The van der Waals surface area contributed by atoms with E-state index in [9.17, 15) is 4.79 Å². The molecule has 0 bridgehead atoms. The molecule has 1 N–H and O–H groups in total. The van der Waals surface area contributed by atoms with Crippen molar-refractivity contribution < 1.29 is 9.53 Å². The Morgan fingerprint density at radius 3 is 3.05 bits per heavy atom. The number of nitrogens with one attached hydrogen (secondary N) is 1. The van der Waals surface area contributed by atoms with Crippen LogP contribution in [0, 0.1) is 0 Å². The Labute approximate surface area is 129 Å². The van der Waals surface area contributed by atoms with Crippen LogP contribution in [0.5, 0.6) is 0 Å². The second kappa shape index (κ2) is 6.76. The van der Waals surface area contributed by atoms with Crippen LogP contribution < -0.4 is 5.32 Å². The molecule has 0 spiro atoms. The van der Waals surface area contributed by atoms with Gasteiger partial charge in [-0.2, -0.15) is 0 Å². The number of ether oxygens (including phenoxy) is 1. The molecule has 2 heterocycles. The monoisotopic (exact) mass is 316 g/mol. The summed E-state index contributed by atoms with van der Waals surface area (Å²) in [6, 6.07) is 5.89. The maximum Gasteiger partial charge on any atom is 0.253 e. The molecule has 6 heteroatoms. The molecule has 0 saturated carbocycles. The minimum Gasteiger partial charge on any atom is -0.366 e. The van der Waals surface area contributed by atoms with Gasteiger partial charge in [-0.15, -0.1) is 12.4 Å². The topological polar surface area (TPSA) is 41.6 Å². The number of morpholine rings is 1. The zero-order chi connectivity index (χ0) is 13.2. The normalized spacial score (nSPS) is 21.9. The fraction of sp³-hybridized carbons (Fsp3) is 0.500. The Balaban J connectivity index is 0.00000147. The van der Waals surface area contributed by atoms with Crippen LogP contribution in [-0.4, -0.2) is 43.2 Å². The third-order valence-corrected chi connectivity index (χ3v) is 4.08. The summed E-state index contributed by atoms with van der Waals surface area (Å²) in [4.78, 5) is 14.2. The highest BCUT2D eigenvalue weighted by molar-refractivity contribution is 6.31. The van der Waals surface area contributed by atoms with Crippen molar-refractivity contribution in [2.24, 2.45) is 0 Å². The molecule has 20 heavy (non-hydrogen) atoms. The molecule has 1 unspecified atom stereocenters. The van der Waals surface area contributed by atoms with E-state index in [1.54, 1.807) is 0 Å². The molecule has 0 aromatic heterocycles. The molecule has 3 rings (SSSR count). The number of nitrogens with zero attached hydrogens (tertiary/aromatic N) is 1. The number of benzene rings is 1. The van der Waals surface area contributed by atoms with E-state index >= 15 is 0 Å². The van der Waals surface area contributed by atoms with Gasteiger partial charge < -0.3 is 15.0 Å². The fourth-order valence-electron chi connectivity index (χ4n) is 2.68. The van der Waals surface area contributed by atoms with Gasteiger partial charge >= 0.3 is 0 Å². The van der Waals surface area contributed by atoms with E-state index < -0.39 is 0 Å². The Hall–Kier alpha value is -0.810. The van der Waals surface area contributed by atoms with Crippen LogP contribution in [0.15, 0.2) is 18.2 Å². The molecule has 1 atom stereocenters. The number of amides is 1. The van der Waals surface area contributed by atoms with Gasteiger partial charge in [-0.25, -0.2) is 0 Å². The van der Waals surface area contributed by atoms with E-state index in [-0.39, 0.29) is 24.4 Å². The number of hydrogen-bond acceptors (Lipinski definition) is 3. The molecule has 110 valence electrons. The van der Waals surface area contributed by atoms with E-state index in [0.717, 1.165) is 30.1 Å². The number of fused-ring (bicyclic) bond motifs is 1. The molecule has 2 aliphatic heterocycles. The third-order valence-electron chi connectivity index (χ3n) is 3.72. The quantitative estimate of drug-likeness (QED) is 0.856. The first-order chi connectivity index (χ1) is 9.25. The minimum absolute atomic E-state index is 0. The summed E-state index contributed by atoms with van der Waals surface area (Å²) in [6.07, 6.45) is 0.482. The molecule has 2 aliphatic rings. The van der Waals surface area contributed by atoms with Crippen molar-refractivity contribution in [3.05, 3.63) is 34.3 Å². The summed E-state index contributed by atoms with van der Waals surface area (Å²) >= 11 is 6.18. The molecule has 1 aromatic carbocycles. The van der Waals surface area contributed by atoms with Gasteiger partial charge in [0, 0.05) is 31.2 Å². The van der Waals surface area contributed by atoms with Crippen LogP contribution in [0.1, 0.15) is 11.1 Å². The summed E-state index contributed by atoms with van der Waals surface area (Å²) in [5.41, 5.74) is 2.33. The van der Waals surface area contributed by atoms with Crippen molar-refractivity contribution in [3.63, 3.8) is 0 Å². The van der Waals surface area contributed by atoms with Crippen molar-refractivity contribution in [2.45, 2.75) is 19.1 Å². The Kier molecular flexibility index (Phi) is 5.27. The van der Waals surface area contributed by atoms with Crippen LogP contribution in [0.25, 0.3) is 0 Å². The van der Waals surface area contributed by atoms with E-state index in [2.05, 4.69) is 5.32 Å². The molecular formula is C14H18Cl2N2O2. The van der Waals surface area contributed by atoms with Crippen LogP contribution in [-0.2, 0) is 22.5 Å². The highest BCUT2D eigenvalue weighted by atomic mass is 35.5. The fourth-order valence-corrected chi connectivity index (χ4v) is 2.97. The molecule has 0 radical (unpaired) electrons. The lowest BCUT2D eigenvalue weighted by atomic mass is 9.99. The number of rotatable bonds is 1. The van der Waals surface area contributed by atoms with E-state index in [1.807, 2.05) is 23.1 Å². The van der Waals surface area contributed by atoms with Gasteiger partial charge in [-0.1, -0.05) is 23.7 Å². The van der Waals surface area contributed by atoms with Crippen LogP contribution >= 0.6 is 24.0 Å². The lowest BCUT2D eigenvalue weighted by molar-refractivity contribution is -0.146. The van der Waals surface area contributed by atoms with Gasteiger partial charge in [0.15, 0.2) is 0 Å². The average molecular weight is 317 g/mol. The summed E-state index contributed by atoms with van der Waals surface area (Å²) in [6.45, 7) is 3.39. The van der Waals surface area contributed by atoms with Crippen LogP contribution in [0.4, 0.5) is 0 Å². The maximum atomic E-state index is 12.4. The summed E-state index contributed by atoms with van der Waals surface area (Å²) < 4.78 is 5.52. The number of carbonyl (C=O) groups excluding carboxylic acids is 1. The predicted molar refractivity (Wildman–Crippen MR) is 80.4 cm³/mol. The molecule has 1 fully saturated rings. The minimum atomic E-state index is -0.338. The first-order valence-electron chi connectivity index (χ1n) is 6.63. The lowest BCUT2D eigenvalue weighted by Crippen LogP contribution is -2.50. The van der Waals surface area contributed by atoms with E-state index in [1.165, 1.54) is 5.56 Å². The van der Waals surface area contributed by atoms with Gasteiger partial charge in [0.1, 0.15) is 6.10 Å². The summed E-state index contributed by atoms with van der Waals surface area (Å²) in [5.74, 6) is 0.0813. The number of halogens is 2. The highest BCUT2D eigenvalue weighted by Gasteiger charge is 2.29. The number of hydrogen-bond donors (Lipinski definition) is 1. The van der Waals surface area contributed by atoms with Gasteiger partial charge in [-0.05, 0) is 23.6 Å². The Morgan fingerprint density at radius 1 is 1.45 bits per heavy atom. The molecular weight excluding hydrogens is 299 g/mol. The average Bonchev–Trinajstić information content (AvgIpc) is 2.47.